The van der Waals surface area contributed by atoms with Gasteiger partial charge in [-0.3, -0.25) is 9.69 Å². The van der Waals surface area contributed by atoms with E-state index < -0.39 is 32.5 Å². The van der Waals surface area contributed by atoms with Crippen LogP contribution in [0.4, 0.5) is 15.4 Å². The average molecular weight is 652 g/mol. The first-order chi connectivity index (χ1) is 22.5. The Labute approximate surface area is 273 Å². The van der Waals surface area contributed by atoms with Crippen molar-refractivity contribution in [2.45, 2.75) is 38.5 Å². The van der Waals surface area contributed by atoms with Gasteiger partial charge in [-0.25, -0.2) is 14.6 Å². The fraction of sp³-hybridized carbons (Fsp3) is 0.229. The van der Waals surface area contributed by atoms with Crippen LogP contribution in [-0.2, 0) is 20.6 Å². The van der Waals surface area contributed by atoms with Crippen LogP contribution in [0.5, 0.6) is 0 Å². The third kappa shape index (κ3) is 7.08. The first-order valence-corrected chi connectivity index (χ1v) is 17.0. The number of hydrogen-bond acceptors (Lipinski definition) is 7. The second-order valence-corrected chi connectivity index (χ2v) is 16.4. The molecule has 0 fully saturated rings. The fourth-order valence-electron chi connectivity index (χ4n) is 5.63. The molecule has 11 nitrogen and oxygen atoms in total. The Kier molecular flexibility index (Phi) is 9.82. The number of carboxylic acid groups (broad SMARTS) is 1. The van der Waals surface area contributed by atoms with E-state index in [-0.39, 0.29) is 35.1 Å². The molecule has 0 aliphatic heterocycles. The molecular weight excluding hydrogens is 615 g/mol. The standard InChI is InChI=1S/C35H37N5O6Si/c1-35(2,3)47(26-16-10-6-11-17-26,27-18-12-7-13-19-27)46-24-30(39(4)34(44)45-23-25-14-8-5-9-15-25)32(41)38-31-21-20-29-28(37-31)22-36-40(29)33(42)43/h5-22,30H,23-24H2,1-4H3,(H,42,43)(H,37,38,41)/t30-/m1/s1. The molecule has 0 aliphatic rings. The van der Waals surface area contributed by atoms with Crippen molar-refractivity contribution < 1.29 is 28.7 Å². The zero-order valence-corrected chi connectivity index (χ0v) is 27.7. The van der Waals surface area contributed by atoms with E-state index in [0.29, 0.717) is 0 Å². The summed E-state index contributed by atoms with van der Waals surface area (Å²) in [6.07, 6.45) is -0.656. The van der Waals surface area contributed by atoms with Gasteiger partial charge in [-0.2, -0.15) is 9.78 Å². The van der Waals surface area contributed by atoms with Crippen molar-refractivity contribution >= 4 is 53.6 Å². The highest BCUT2D eigenvalue weighted by Crippen LogP contribution is 2.37. The Morgan fingerprint density at radius 3 is 2.02 bits per heavy atom. The average Bonchev–Trinajstić information content (AvgIpc) is 3.50. The Bertz CT molecular complexity index is 1810. The third-order valence-corrected chi connectivity index (χ3v) is 13.0. The quantitative estimate of drug-likeness (QED) is 0.199. The molecule has 0 spiro atoms. The Morgan fingerprint density at radius 1 is 0.894 bits per heavy atom. The maximum Gasteiger partial charge on any atom is 0.432 e. The van der Waals surface area contributed by atoms with Crippen LogP contribution in [0.15, 0.2) is 109 Å². The monoisotopic (exact) mass is 651 g/mol. The topological polar surface area (TPSA) is 136 Å². The normalized spacial score (nSPS) is 12.3. The summed E-state index contributed by atoms with van der Waals surface area (Å²) in [6.45, 7) is 6.27. The number of amides is 2. The Hall–Kier alpha value is -5.33. The minimum absolute atomic E-state index is 0.0275. The van der Waals surface area contributed by atoms with Crippen LogP contribution >= 0.6 is 0 Å². The summed E-state index contributed by atoms with van der Waals surface area (Å²) in [5, 5.41) is 17.7. The minimum atomic E-state index is -3.09. The van der Waals surface area contributed by atoms with Crippen LogP contribution in [-0.4, -0.2) is 70.9 Å². The van der Waals surface area contributed by atoms with Crippen molar-refractivity contribution in [1.29, 1.82) is 0 Å². The van der Waals surface area contributed by atoms with Crippen molar-refractivity contribution in [3.8, 4) is 0 Å². The van der Waals surface area contributed by atoms with Crippen LogP contribution < -0.4 is 15.7 Å². The minimum Gasteiger partial charge on any atom is -0.463 e. The van der Waals surface area contributed by atoms with Gasteiger partial charge in [0.05, 0.1) is 18.3 Å². The number of likely N-dealkylation sites (N-methyl/N-ethyl adjacent to an activating group) is 1. The maximum atomic E-state index is 14.0. The van der Waals surface area contributed by atoms with Crippen molar-refractivity contribution in [3.63, 3.8) is 0 Å². The summed E-state index contributed by atoms with van der Waals surface area (Å²) in [5.74, 6) is -0.395. The molecule has 47 heavy (non-hydrogen) atoms. The van der Waals surface area contributed by atoms with E-state index >= 15 is 0 Å². The number of rotatable bonds is 10. The van der Waals surface area contributed by atoms with E-state index in [2.05, 4.69) is 36.2 Å². The zero-order chi connectivity index (χ0) is 33.6. The van der Waals surface area contributed by atoms with E-state index in [1.165, 1.54) is 30.3 Å². The number of hydrogen-bond donors (Lipinski definition) is 2. The third-order valence-electron chi connectivity index (χ3n) is 8.00. The van der Waals surface area contributed by atoms with Gasteiger partial charge in [0, 0.05) is 7.05 Å². The molecule has 2 N–H and O–H groups in total. The van der Waals surface area contributed by atoms with Crippen molar-refractivity contribution in [3.05, 3.63) is 115 Å². The molecule has 0 radical (unpaired) electrons. The highest BCUT2D eigenvalue weighted by molar-refractivity contribution is 6.99. The Balaban J connectivity index is 1.48. The van der Waals surface area contributed by atoms with Gasteiger partial charge in [0.2, 0.25) is 0 Å². The molecule has 3 aromatic carbocycles. The van der Waals surface area contributed by atoms with Gasteiger partial charge in [0.15, 0.2) is 0 Å². The van der Waals surface area contributed by atoms with Crippen LogP contribution in [0.3, 0.4) is 0 Å². The van der Waals surface area contributed by atoms with Crippen LogP contribution in [0.1, 0.15) is 26.3 Å². The van der Waals surface area contributed by atoms with E-state index in [4.69, 9.17) is 9.16 Å². The molecule has 5 aromatic rings. The van der Waals surface area contributed by atoms with E-state index in [1.807, 2.05) is 91.0 Å². The van der Waals surface area contributed by atoms with Crippen LogP contribution in [0.2, 0.25) is 5.04 Å². The van der Waals surface area contributed by atoms with E-state index in [1.54, 1.807) is 0 Å². The molecule has 1 atom stereocenters. The number of fused-ring (bicyclic) bond motifs is 1. The van der Waals surface area contributed by atoms with Gasteiger partial charge in [0.25, 0.3) is 14.2 Å². The predicted molar refractivity (Wildman–Crippen MR) is 181 cm³/mol. The number of pyridine rings is 1. The molecule has 0 saturated heterocycles. The summed E-state index contributed by atoms with van der Waals surface area (Å²) >= 11 is 0. The molecule has 5 rings (SSSR count). The lowest BCUT2D eigenvalue weighted by atomic mass is 10.2. The summed E-state index contributed by atoms with van der Waals surface area (Å²) in [6, 6.07) is 31.1. The van der Waals surface area contributed by atoms with Crippen LogP contribution in [0.25, 0.3) is 11.0 Å². The van der Waals surface area contributed by atoms with Crippen molar-refractivity contribution in [1.82, 2.24) is 19.7 Å². The Morgan fingerprint density at radius 2 is 1.47 bits per heavy atom. The van der Waals surface area contributed by atoms with Gasteiger partial charge in [-0.15, -0.1) is 0 Å². The first-order valence-electron chi connectivity index (χ1n) is 15.1. The molecule has 2 aromatic heterocycles. The molecular formula is C35H37N5O6Si. The lowest BCUT2D eigenvalue weighted by Crippen LogP contribution is -2.67. The fourth-order valence-corrected chi connectivity index (χ4v) is 10.2. The highest BCUT2D eigenvalue weighted by Gasteiger charge is 2.51. The van der Waals surface area contributed by atoms with Gasteiger partial charge in [-0.05, 0) is 33.1 Å². The molecule has 0 saturated carbocycles. The predicted octanol–water partition coefficient (Wildman–Crippen LogP) is 5.11. The van der Waals surface area contributed by atoms with E-state index in [0.717, 1.165) is 20.6 Å². The summed E-state index contributed by atoms with van der Waals surface area (Å²) in [4.78, 5) is 44.6. The number of anilines is 1. The molecule has 0 bridgehead atoms. The lowest BCUT2D eigenvalue weighted by molar-refractivity contribution is -0.121. The van der Waals surface area contributed by atoms with Gasteiger partial charge >= 0.3 is 12.2 Å². The molecule has 0 aliphatic carbocycles. The van der Waals surface area contributed by atoms with Crippen molar-refractivity contribution in [2.24, 2.45) is 0 Å². The van der Waals surface area contributed by atoms with Crippen molar-refractivity contribution in [2.75, 3.05) is 19.0 Å². The summed E-state index contributed by atoms with van der Waals surface area (Å²) in [5.41, 5.74) is 1.35. The molecule has 2 amide bonds. The summed E-state index contributed by atoms with van der Waals surface area (Å²) in [7, 11) is -1.59. The number of carbonyl (C=O) groups excluding carboxylic acids is 2. The summed E-state index contributed by atoms with van der Waals surface area (Å²) < 4.78 is 13.5. The largest absolute Gasteiger partial charge is 0.463 e. The molecule has 0 unspecified atom stereocenters. The number of aromatic nitrogens is 3. The number of nitrogens with zero attached hydrogens (tertiary/aromatic N) is 4. The number of benzene rings is 3. The van der Waals surface area contributed by atoms with Gasteiger partial charge < -0.3 is 19.6 Å². The van der Waals surface area contributed by atoms with Crippen LogP contribution in [0, 0.1) is 0 Å². The molecule has 12 heteroatoms. The van der Waals surface area contributed by atoms with Gasteiger partial charge in [0.1, 0.15) is 24.0 Å². The number of nitrogens with one attached hydrogen (secondary N) is 1. The number of ether oxygens (including phenoxy) is 1. The number of carbonyl (C=O) groups is 3. The van der Waals surface area contributed by atoms with Gasteiger partial charge in [-0.1, -0.05) is 112 Å². The molecule has 242 valence electrons. The zero-order valence-electron chi connectivity index (χ0n) is 26.7. The lowest BCUT2D eigenvalue weighted by Gasteiger charge is -2.44. The maximum absolute atomic E-state index is 14.0. The highest BCUT2D eigenvalue weighted by atomic mass is 28.4. The molecule has 2 heterocycles. The second-order valence-electron chi connectivity index (χ2n) is 12.1. The van der Waals surface area contributed by atoms with E-state index in [9.17, 15) is 19.5 Å². The first kappa shape index (κ1) is 33.0. The second kappa shape index (κ2) is 14.0. The smallest absolute Gasteiger partial charge is 0.432 e. The SMILES string of the molecule is CN(C(=O)OCc1ccccc1)[C@H](CO[Si](c1ccccc1)(c1ccccc1)C(C)(C)C)C(=O)Nc1ccc2c(cnn2C(=O)O)n1.